The zero-order valence-electron chi connectivity index (χ0n) is 10.2. The third kappa shape index (κ3) is 3.66. The fraction of sp³-hybridized carbons (Fsp3) is 0.636. The average Bonchev–Trinajstić information content (AvgIpc) is 2.74. The van der Waals surface area contributed by atoms with Gasteiger partial charge in [-0.15, -0.1) is 0 Å². The SMILES string of the molecule is CCNC(=O)C(C)NCc1cnn(CC)c1. The van der Waals surface area contributed by atoms with Crippen molar-refractivity contribution < 1.29 is 4.79 Å². The summed E-state index contributed by atoms with van der Waals surface area (Å²) in [6.07, 6.45) is 3.80. The van der Waals surface area contributed by atoms with E-state index in [9.17, 15) is 4.79 Å². The first-order valence-corrected chi connectivity index (χ1v) is 5.69. The highest BCUT2D eigenvalue weighted by atomic mass is 16.2. The molecule has 0 aliphatic carbocycles. The molecule has 2 N–H and O–H groups in total. The first kappa shape index (κ1) is 12.7. The van der Waals surface area contributed by atoms with Crippen molar-refractivity contribution in [2.24, 2.45) is 0 Å². The van der Waals surface area contributed by atoms with Crippen molar-refractivity contribution >= 4 is 5.91 Å². The minimum Gasteiger partial charge on any atom is -0.355 e. The molecule has 1 amide bonds. The fourth-order valence-electron chi connectivity index (χ4n) is 1.36. The van der Waals surface area contributed by atoms with Crippen LogP contribution in [0.15, 0.2) is 12.4 Å². The number of hydrogen-bond acceptors (Lipinski definition) is 3. The van der Waals surface area contributed by atoms with Gasteiger partial charge in [-0.05, 0) is 20.8 Å². The summed E-state index contributed by atoms with van der Waals surface area (Å²) < 4.78 is 1.87. The first-order valence-electron chi connectivity index (χ1n) is 5.69. The molecule has 1 aromatic heterocycles. The highest BCUT2D eigenvalue weighted by Crippen LogP contribution is 1.97. The summed E-state index contributed by atoms with van der Waals surface area (Å²) in [4.78, 5) is 11.4. The molecule has 0 saturated heterocycles. The molecule has 0 fully saturated rings. The van der Waals surface area contributed by atoms with Crippen LogP contribution in [-0.4, -0.2) is 28.3 Å². The summed E-state index contributed by atoms with van der Waals surface area (Å²) in [6, 6.07) is -0.176. The van der Waals surface area contributed by atoms with Gasteiger partial charge in [-0.25, -0.2) is 0 Å². The molecule has 1 heterocycles. The Balaban J connectivity index is 2.36. The Labute approximate surface area is 96.2 Å². The lowest BCUT2D eigenvalue weighted by atomic mass is 10.3. The zero-order chi connectivity index (χ0) is 12.0. The standard InChI is InChI=1S/C11H20N4O/c1-4-12-11(16)9(3)13-6-10-7-14-15(5-2)8-10/h7-9,13H,4-6H2,1-3H3,(H,12,16). The number of likely N-dealkylation sites (N-methyl/N-ethyl adjacent to an activating group) is 1. The van der Waals surface area contributed by atoms with Crippen LogP contribution in [0, 0.1) is 0 Å². The Morgan fingerprint density at radius 2 is 2.31 bits per heavy atom. The molecule has 16 heavy (non-hydrogen) atoms. The lowest BCUT2D eigenvalue weighted by Crippen LogP contribution is -2.41. The molecule has 1 atom stereocenters. The summed E-state index contributed by atoms with van der Waals surface area (Å²) in [5.74, 6) is 0.0328. The number of nitrogens with zero attached hydrogens (tertiary/aromatic N) is 2. The molecule has 1 aromatic rings. The third-order valence-corrected chi connectivity index (χ3v) is 2.37. The second-order valence-electron chi connectivity index (χ2n) is 3.70. The van der Waals surface area contributed by atoms with E-state index in [-0.39, 0.29) is 11.9 Å². The van der Waals surface area contributed by atoms with Crippen LogP contribution in [0.3, 0.4) is 0 Å². The van der Waals surface area contributed by atoms with E-state index in [1.165, 1.54) is 0 Å². The maximum Gasteiger partial charge on any atom is 0.236 e. The second-order valence-corrected chi connectivity index (χ2v) is 3.70. The van der Waals surface area contributed by atoms with Crippen molar-refractivity contribution in [1.29, 1.82) is 0 Å². The topological polar surface area (TPSA) is 59.0 Å². The molecular formula is C11H20N4O. The van der Waals surface area contributed by atoms with E-state index >= 15 is 0 Å². The number of carbonyl (C=O) groups excluding carboxylic acids is 1. The van der Waals surface area contributed by atoms with Gasteiger partial charge >= 0.3 is 0 Å². The molecule has 1 unspecified atom stereocenters. The fourth-order valence-corrected chi connectivity index (χ4v) is 1.36. The average molecular weight is 224 g/mol. The highest BCUT2D eigenvalue weighted by Gasteiger charge is 2.10. The summed E-state index contributed by atoms with van der Waals surface area (Å²) in [5, 5.41) is 10.1. The van der Waals surface area contributed by atoms with Crippen molar-refractivity contribution in [3.8, 4) is 0 Å². The molecule has 0 bridgehead atoms. The van der Waals surface area contributed by atoms with Crippen molar-refractivity contribution in [3.63, 3.8) is 0 Å². The molecular weight excluding hydrogens is 204 g/mol. The van der Waals surface area contributed by atoms with Crippen LogP contribution in [0.1, 0.15) is 26.3 Å². The summed E-state index contributed by atoms with van der Waals surface area (Å²) in [6.45, 7) is 8.01. The lowest BCUT2D eigenvalue weighted by Gasteiger charge is -2.12. The number of hydrogen-bond donors (Lipinski definition) is 2. The summed E-state index contributed by atoms with van der Waals surface area (Å²) in [7, 11) is 0. The molecule has 5 heteroatoms. The monoisotopic (exact) mass is 224 g/mol. The van der Waals surface area contributed by atoms with E-state index in [2.05, 4.69) is 15.7 Å². The van der Waals surface area contributed by atoms with Crippen molar-refractivity contribution in [2.75, 3.05) is 6.54 Å². The van der Waals surface area contributed by atoms with Crippen LogP contribution in [-0.2, 0) is 17.9 Å². The van der Waals surface area contributed by atoms with Crippen LogP contribution in [0.5, 0.6) is 0 Å². The quantitative estimate of drug-likeness (QED) is 0.740. The van der Waals surface area contributed by atoms with Gasteiger partial charge in [0.1, 0.15) is 0 Å². The molecule has 5 nitrogen and oxygen atoms in total. The number of rotatable bonds is 6. The van der Waals surface area contributed by atoms with E-state index in [0.717, 1.165) is 12.1 Å². The predicted octanol–water partition coefficient (Wildman–Crippen LogP) is 0.517. The van der Waals surface area contributed by atoms with Gasteiger partial charge in [0.2, 0.25) is 5.91 Å². The summed E-state index contributed by atoms with van der Waals surface area (Å²) >= 11 is 0. The van der Waals surface area contributed by atoms with E-state index in [0.29, 0.717) is 13.1 Å². The van der Waals surface area contributed by atoms with Gasteiger partial charge in [-0.2, -0.15) is 5.10 Å². The minimum atomic E-state index is -0.176. The molecule has 0 aliphatic rings. The van der Waals surface area contributed by atoms with Gasteiger partial charge in [-0.1, -0.05) is 0 Å². The minimum absolute atomic E-state index is 0.0328. The summed E-state index contributed by atoms with van der Waals surface area (Å²) in [5.41, 5.74) is 1.10. The molecule has 0 aliphatic heterocycles. The number of aryl methyl sites for hydroxylation is 1. The van der Waals surface area contributed by atoms with Gasteiger partial charge in [-0.3, -0.25) is 9.48 Å². The Kier molecular flexibility index (Phi) is 4.98. The molecule has 0 radical (unpaired) electrons. The van der Waals surface area contributed by atoms with E-state index < -0.39 is 0 Å². The van der Waals surface area contributed by atoms with Crippen molar-refractivity contribution in [2.45, 2.75) is 39.9 Å². The zero-order valence-corrected chi connectivity index (χ0v) is 10.2. The second kappa shape index (κ2) is 6.27. The smallest absolute Gasteiger partial charge is 0.236 e. The van der Waals surface area contributed by atoms with Gasteiger partial charge in [0.25, 0.3) is 0 Å². The molecule has 0 saturated carbocycles. The maximum absolute atomic E-state index is 11.4. The Morgan fingerprint density at radius 3 is 2.88 bits per heavy atom. The van der Waals surface area contributed by atoms with E-state index in [4.69, 9.17) is 0 Å². The highest BCUT2D eigenvalue weighted by molar-refractivity contribution is 5.81. The van der Waals surface area contributed by atoms with Crippen molar-refractivity contribution in [3.05, 3.63) is 18.0 Å². The third-order valence-electron chi connectivity index (χ3n) is 2.37. The number of carbonyl (C=O) groups is 1. The van der Waals surface area contributed by atoms with Crippen molar-refractivity contribution in [1.82, 2.24) is 20.4 Å². The maximum atomic E-state index is 11.4. The predicted molar refractivity (Wildman–Crippen MR) is 62.9 cm³/mol. The van der Waals surface area contributed by atoms with Crippen LogP contribution in [0.4, 0.5) is 0 Å². The van der Waals surface area contributed by atoms with Crippen LogP contribution >= 0.6 is 0 Å². The Hall–Kier alpha value is -1.36. The van der Waals surface area contributed by atoms with Gasteiger partial charge in [0, 0.05) is 31.4 Å². The van der Waals surface area contributed by atoms with Gasteiger partial charge < -0.3 is 10.6 Å². The molecule has 90 valence electrons. The Bertz CT molecular complexity index is 334. The Morgan fingerprint density at radius 1 is 1.56 bits per heavy atom. The molecule has 1 rings (SSSR count). The molecule has 0 spiro atoms. The number of aromatic nitrogens is 2. The normalized spacial score (nSPS) is 12.4. The van der Waals surface area contributed by atoms with Gasteiger partial charge in [0.15, 0.2) is 0 Å². The van der Waals surface area contributed by atoms with Crippen LogP contribution in [0.25, 0.3) is 0 Å². The van der Waals surface area contributed by atoms with Gasteiger partial charge in [0.05, 0.1) is 12.2 Å². The van der Waals surface area contributed by atoms with E-state index in [1.807, 2.05) is 37.8 Å². The van der Waals surface area contributed by atoms with Crippen LogP contribution in [0.2, 0.25) is 0 Å². The molecule has 0 aromatic carbocycles. The van der Waals surface area contributed by atoms with Crippen LogP contribution < -0.4 is 10.6 Å². The lowest BCUT2D eigenvalue weighted by molar-refractivity contribution is -0.122. The first-order chi connectivity index (χ1) is 7.67. The number of amides is 1. The van der Waals surface area contributed by atoms with E-state index in [1.54, 1.807) is 0 Å². The number of nitrogens with one attached hydrogen (secondary N) is 2. The largest absolute Gasteiger partial charge is 0.355 e.